The molecule has 3 nitrogen and oxygen atoms in total. The van der Waals surface area contributed by atoms with Gasteiger partial charge in [0.1, 0.15) is 5.75 Å². The van der Waals surface area contributed by atoms with Crippen molar-refractivity contribution in [1.82, 2.24) is 4.90 Å². The highest BCUT2D eigenvalue weighted by Gasteiger charge is 2.28. The number of benzene rings is 1. The Morgan fingerprint density at radius 2 is 1.95 bits per heavy atom. The second-order valence-corrected chi connectivity index (χ2v) is 6.04. The van der Waals surface area contributed by atoms with Crippen molar-refractivity contribution in [2.75, 3.05) is 14.2 Å². The molecule has 1 aromatic carbocycles. The first-order valence-electron chi connectivity index (χ1n) is 7.75. The number of methoxy groups -OCH3 is 1. The van der Waals surface area contributed by atoms with Crippen LogP contribution in [0.2, 0.25) is 0 Å². The minimum absolute atomic E-state index is 0.106. The molecule has 0 aromatic heterocycles. The third-order valence-electron chi connectivity index (χ3n) is 4.52. The summed E-state index contributed by atoms with van der Waals surface area (Å²) < 4.78 is 5.35. The van der Waals surface area contributed by atoms with E-state index in [1.54, 1.807) is 7.11 Å². The summed E-state index contributed by atoms with van der Waals surface area (Å²) in [4.78, 5) is 2.48. The quantitative estimate of drug-likeness (QED) is 0.896. The summed E-state index contributed by atoms with van der Waals surface area (Å²) in [5, 5.41) is 0. The van der Waals surface area contributed by atoms with Gasteiger partial charge in [-0.2, -0.15) is 0 Å². The number of likely N-dealkylation sites (N-methyl/N-ethyl adjacent to an activating group) is 1. The number of hydrogen-bond donors (Lipinski definition) is 1. The molecule has 2 atom stereocenters. The van der Waals surface area contributed by atoms with Crippen molar-refractivity contribution in [3.63, 3.8) is 0 Å². The molecule has 0 aliphatic heterocycles. The van der Waals surface area contributed by atoms with Gasteiger partial charge < -0.3 is 10.5 Å². The average molecular weight is 276 g/mol. The molecule has 20 heavy (non-hydrogen) atoms. The van der Waals surface area contributed by atoms with Crippen LogP contribution in [0.1, 0.15) is 50.6 Å². The van der Waals surface area contributed by atoms with Gasteiger partial charge in [0, 0.05) is 18.1 Å². The molecule has 2 rings (SSSR count). The van der Waals surface area contributed by atoms with Gasteiger partial charge in [-0.3, -0.25) is 4.90 Å². The Labute approximate surface area is 123 Å². The fourth-order valence-electron chi connectivity index (χ4n) is 3.45. The molecule has 0 spiro atoms. The molecule has 1 aromatic rings. The van der Waals surface area contributed by atoms with Gasteiger partial charge in [-0.15, -0.1) is 0 Å². The van der Waals surface area contributed by atoms with E-state index in [4.69, 9.17) is 10.5 Å². The van der Waals surface area contributed by atoms with Gasteiger partial charge in [0.15, 0.2) is 0 Å². The van der Waals surface area contributed by atoms with Gasteiger partial charge in [-0.05, 0) is 44.5 Å². The standard InChI is InChI=1S/C17H28N2O/c1-13(18)17(14-8-7-11-16(12-14)20-3)19(2)15-9-5-4-6-10-15/h7-8,11-13,15,17H,4-6,9-10,18H2,1-3H3. The van der Waals surface area contributed by atoms with Crippen molar-refractivity contribution in [3.8, 4) is 5.75 Å². The maximum atomic E-state index is 6.29. The van der Waals surface area contributed by atoms with Gasteiger partial charge in [-0.1, -0.05) is 31.4 Å². The zero-order chi connectivity index (χ0) is 14.5. The number of hydrogen-bond acceptors (Lipinski definition) is 3. The van der Waals surface area contributed by atoms with E-state index in [0.717, 1.165) is 5.75 Å². The molecule has 2 N–H and O–H groups in total. The minimum atomic E-state index is 0.106. The molecule has 0 bridgehead atoms. The highest BCUT2D eigenvalue weighted by atomic mass is 16.5. The molecule has 1 saturated carbocycles. The Kier molecular flexibility index (Phi) is 5.44. The van der Waals surface area contributed by atoms with E-state index in [9.17, 15) is 0 Å². The van der Waals surface area contributed by atoms with Crippen LogP contribution in [0, 0.1) is 0 Å². The van der Waals surface area contributed by atoms with Gasteiger partial charge in [0.2, 0.25) is 0 Å². The fraction of sp³-hybridized carbons (Fsp3) is 0.647. The third kappa shape index (κ3) is 3.53. The maximum absolute atomic E-state index is 6.29. The lowest BCUT2D eigenvalue weighted by molar-refractivity contribution is 0.123. The molecular formula is C17H28N2O. The SMILES string of the molecule is COc1cccc(C(C(C)N)N(C)C2CCCCC2)c1. The van der Waals surface area contributed by atoms with Crippen molar-refractivity contribution in [1.29, 1.82) is 0 Å². The van der Waals surface area contributed by atoms with Crippen molar-refractivity contribution < 1.29 is 4.74 Å². The summed E-state index contributed by atoms with van der Waals surface area (Å²) in [6.07, 6.45) is 6.66. The first kappa shape index (κ1) is 15.3. The van der Waals surface area contributed by atoms with Crippen LogP contribution in [0.15, 0.2) is 24.3 Å². The Morgan fingerprint density at radius 3 is 2.55 bits per heavy atom. The smallest absolute Gasteiger partial charge is 0.119 e. The summed E-state index contributed by atoms with van der Waals surface area (Å²) in [6.45, 7) is 2.10. The first-order valence-corrected chi connectivity index (χ1v) is 7.75. The second-order valence-electron chi connectivity index (χ2n) is 6.04. The fourth-order valence-corrected chi connectivity index (χ4v) is 3.45. The predicted octanol–water partition coefficient (Wildman–Crippen LogP) is 3.35. The largest absolute Gasteiger partial charge is 0.497 e. The number of nitrogens with zero attached hydrogens (tertiary/aromatic N) is 1. The zero-order valence-corrected chi connectivity index (χ0v) is 13.0. The van der Waals surface area contributed by atoms with Crippen LogP contribution in [0.3, 0.4) is 0 Å². The monoisotopic (exact) mass is 276 g/mol. The topological polar surface area (TPSA) is 38.5 Å². The number of rotatable bonds is 5. The lowest BCUT2D eigenvalue weighted by Gasteiger charge is -2.39. The Balaban J connectivity index is 2.20. The molecule has 3 heteroatoms. The molecule has 112 valence electrons. The highest BCUT2D eigenvalue weighted by molar-refractivity contribution is 5.31. The van der Waals surface area contributed by atoms with E-state index in [0.29, 0.717) is 6.04 Å². The van der Waals surface area contributed by atoms with E-state index in [1.165, 1.54) is 37.7 Å². The molecule has 0 radical (unpaired) electrons. The summed E-state index contributed by atoms with van der Waals surface area (Å²) in [6, 6.07) is 9.34. The molecule has 0 saturated heterocycles. The van der Waals surface area contributed by atoms with E-state index < -0.39 is 0 Å². The summed E-state index contributed by atoms with van der Waals surface area (Å²) >= 11 is 0. The van der Waals surface area contributed by atoms with Crippen LogP contribution in [0.5, 0.6) is 5.75 Å². The van der Waals surface area contributed by atoms with Crippen LogP contribution >= 0.6 is 0 Å². The Morgan fingerprint density at radius 1 is 1.25 bits per heavy atom. The van der Waals surface area contributed by atoms with Crippen LogP contribution in [0.4, 0.5) is 0 Å². The van der Waals surface area contributed by atoms with E-state index in [-0.39, 0.29) is 12.1 Å². The lowest BCUT2D eigenvalue weighted by atomic mass is 9.90. The zero-order valence-electron chi connectivity index (χ0n) is 13.0. The number of nitrogens with two attached hydrogens (primary N) is 1. The van der Waals surface area contributed by atoms with Crippen LogP contribution in [-0.2, 0) is 0 Å². The number of ether oxygens (including phenoxy) is 1. The van der Waals surface area contributed by atoms with Crippen molar-refractivity contribution in [3.05, 3.63) is 29.8 Å². The van der Waals surface area contributed by atoms with E-state index in [2.05, 4.69) is 37.1 Å². The van der Waals surface area contributed by atoms with Crippen molar-refractivity contribution in [2.24, 2.45) is 5.73 Å². The summed E-state index contributed by atoms with van der Waals surface area (Å²) in [7, 11) is 3.94. The summed E-state index contributed by atoms with van der Waals surface area (Å²) in [5.41, 5.74) is 7.54. The molecule has 0 amide bonds. The Hall–Kier alpha value is -1.06. The van der Waals surface area contributed by atoms with Crippen molar-refractivity contribution >= 4 is 0 Å². The molecule has 1 aliphatic carbocycles. The average Bonchev–Trinajstić information content (AvgIpc) is 2.48. The lowest BCUT2D eigenvalue weighted by Crippen LogP contribution is -2.43. The van der Waals surface area contributed by atoms with Crippen molar-refractivity contribution in [2.45, 2.75) is 57.2 Å². The van der Waals surface area contributed by atoms with Crippen LogP contribution in [-0.4, -0.2) is 31.1 Å². The van der Waals surface area contributed by atoms with E-state index >= 15 is 0 Å². The highest BCUT2D eigenvalue weighted by Crippen LogP contribution is 2.31. The molecule has 1 aliphatic rings. The molecular weight excluding hydrogens is 248 g/mol. The Bertz CT molecular complexity index is 413. The molecule has 1 fully saturated rings. The summed E-state index contributed by atoms with van der Waals surface area (Å²) in [5.74, 6) is 0.908. The van der Waals surface area contributed by atoms with Crippen LogP contribution in [0.25, 0.3) is 0 Å². The predicted molar refractivity (Wildman–Crippen MR) is 84.0 cm³/mol. The minimum Gasteiger partial charge on any atom is -0.497 e. The maximum Gasteiger partial charge on any atom is 0.119 e. The normalized spacial score (nSPS) is 19.9. The van der Waals surface area contributed by atoms with Gasteiger partial charge in [-0.25, -0.2) is 0 Å². The van der Waals surface area contributed by atoms with Crippen LogP contribution < -0.4 is 10.5 Å². The third-order valence-corrected chi connectivity index (χ3v) is 4.52. The molecule has 2 unspecified atom stereocenters. The van der Waals surface area contributed by atoms with E-state index in [1.807, 2.05) is 6.07 Å². The first-order chi connectivity index (χ1) is 9.63. The second kappa shape index (κ2) is 7.09. The van der Waals surface area contributed by atoms with Gasteiger partial charge >= 0.3 is 0 Å². The van der Waals surface area contributed by atoms with Gasteiger partial charge in [0.05, 0.1) is 7.11 Å². The van der Waals surface area contributed by atoms with Gasteiger partial charge in [0.25, 0.3) is 0 Å². The molecule has 0 heterocycles.